The van der Waals surface area contributed by atoms with Crippen molar-refractivity contribution in [1.82, 2.24) is 0 Å². The Bertz CT molecular complexity index is 657. The lowest BCUT2D eigenvalue weighted by atomic mass is 9.76. The van der Waals surface area contributed by atoms with Gasteiger partial charge in [-0.25, -0.2) is 0 Å². The van der Waals surface area contributed by atoms with E-state index in [4.69, 9.17) is 0 Å². The molecule has 0 saturated heterocycles. The van der Waals surface area contributed by atoms with Crippen LogP contribution in [0, 0.1) is 12.8 Å². The normalized spacial score (nSPS) is 26.8. The van der Waals surface area contributed by atoms with Crippen molar-refractivity contribution in [3.63, 3.8) is 0 Å². The Morgan fingerprint density at radius 1 is 1.00 bits per heavy atom. The van der Waals surface area contributed by atoms with Gasteiger partial charge in [-0.2, -0.15) is 0 Å². The Morgan fingerprint density at radius 2 is 1.85 bits per heavy atom. The summed E-state index contributed by atoms with van der Waals surface area (Å²) >= 11 is 0. The number of rotatable bonds is 1. The molecule has 0 spiro atoms. The summed E-state index contributed by atoms with van der Waals surface area (Å²) in [4.78, 5) is 0. The zero-order chi connectivity index (χ0) is 13.5. The Morgan fingerprint density at radius 3 is 2.70 bits per heavy atom. The predicted octanol–water partition coefficient (Wildman–Crippen LogP) is 4.82. The number of hydrogen-bond acceptors (Lipinski definition) is 1. The van der Waals surface area contributed by atoms with Crippen molar-refractivity contribution in [3.8, 4) is 0 Å². The minimum atomic E-state index is 0.421. The van der Waals surface area contributed by atoms with E-state index in [-0.39, 0.29) is 0 Å². The van der Waals surface area contributed by atoms with Crippen LogP contribution < -0.4 is 5.32 Å². The number of para-hydroxylation sites is 1. The number of benzene rings is 2. The molecule has 0 fully saturated rings. The van der Waals surface area contributed by atoms with Gasteiger partial charge in [-0.3, -0.25) is 0 Å². The summed E-state index contributed by atoms with van der Waals surface area (Å²) in [7, 11) is 0. The molecule has 20 heavy (non-hydrogen) atoms. The molecular formula is C19H19N. The minimum absolute atomic E-state index is 0.421. The second-order valence-corrected chi connectivity index (χ2v) is 5.93. The lowest BCUT2D eigenvalue weighted by Crippen LogP contribution is -2.29. The van der Waals surface area contributed by atoms with Gasteiger partial charge in [0, 0.05) is 11.6 Å². The topological polar surface area (TPSA) is 12.0 Å². The van der Waals surface area contributed by atoms with Crippen molar-refractivity contribution in [1.29, 1.82) is 0 Å². The highest BCUT2D eigenvalue weighted by Gasteiger charge is 2.37. The van der Waals surface area contributed by atoms with E-state index in [2.05, 4.69) is 72.9 Å². The quantitative estimate of drug-likeness (QED) is 0.726. The molecule has 1 N–H and O–H groups in total. The molecule has 3 atom stereocenters. The second kappa shape index (κ2) is 4.52. The number of allylic oxidation sites excluding steroid dienone is 2. The Balaban J connectivity index is 1.83. The average Bonchev–Trinajstić information content (AvgIpc) is 2.97. The van der Waals surface area contributed by atoms with Crippen molar-refractivity contribution < 1.29 is 0 Å². The van der Waals surface area contributed by atoms with Crippen LogP contribution in [-0.2, 0) is 0 Å². The maximum absolute atomic E-state index is 3.81. The van der Waals surface area contributed by atoms with E-state index in [0.717, 1.165) is 0 Å². The van der Waals surface area contributed by atoms with Gasteiger partial charge in [-0.1, -0.05) is 60.7 Å². The summed E-state index contributed by atoms with van der Waals surface area (Å²) in [5, 5.41) is 3.81. The summed E-state index contributed by atoms with van der Waals surface area (Å²) in [6.07, 6.45) is 5.93. The first-order valence-corrected chi connectivity index (χ1v) is 7.42. The van der Waals surface area contributed by atoms with E-state index in [9.17, 15) is 0 Å². The molecule has 0 radical (unpaired) electrons. The van der Waals surface area contributed by atoms with Crippen LogP contribution in [0.5, 0.6) is 0 Å². The molecule has 2 aromatic carbocycles. The molecule has 2 aromatic rings. The minimum Gasteiger partial charge on any atom is -0.377 e. The largest absolute Gasteiger partial charge is 0.377 e. The molecule has 100 valence electrons. The van der Waals surface area contributed by atoms with Crippen molar-refractivity contribution >= 4 is 5.69 Å². The van der Waals surface area contributed by atoms with Crippen LogP contribution in [-0.4, -0.2) is 0 Å². The van der Waals surface area contributed by atoms with Crippen LogP contribution in [0.15, 0.2) is 60.7 Å². The lowest BCUT2D eigenvalue weighted by Gasteiger charge is -2.38. The Hall–Kier alpha value is -2.02. The van der Waals surface area contributed by atoms with E-state index >= 15 is 0 Å². The zero-order valence-electron chi connectivity index (χ0n) is 11.7. The molecule has 1 aliphatic heterocycles. The van der Waals surface area contributed by atoms with E-state index in [0.29, 0.717) is 17.9 Å². The molecule has 0 amide bonds. The van der Waals surface area contributed by atoms with Gasteiger partial charge in [-0.05, 0) is 36.0 Å². The fourth-order valence-corrected chi connectivity index (χ4v) is 3.77. The third kappa shape index (κ3) is 1.70. The van der Waals surface area contributed by atoms with Crippen molar-refractivity contribution in [2.75, 3.05) is 5.32 Å². The Labute approximate surface area is 120 Å². The molecule has 0 aromatic heterocycles. The van der Waals surface area contributed by atoms with Crippen LogP contribution in [0.1, 0.15) is 35.1 Å². The highest BCUT2D eigenvalue weighted by atomic mass is 15.0. The standard InChI is InChI=1S/C19H19N/c1-13-7-5-11-16-15-10-6-12-17(15)19(20-18(13)16)14-8-3-2-4-9-14/h2-11,15,17,19-20H,12H2,1H3/t15-,17-,19+/m0/s1. The summed E-state index contributed by atoms with van der Waals surface area (Å²) in [5.41, 5.74) is 5.56. The third-order valence-corrected chi connectivity index (χ3v) is 4.76. The van der Waals surface area contributed by atoms with Crippen LogP contribution in [0.4, 0.5) is 5.69 Å². The van der Waals surface area contributed by atoms with Crippen molar-refractivity contribution in [2.24, 2.45) is 5.92 Å². The molecule has 0 unspecified atom stereocenters. The number of aryl methyl sites for hydroxylation is 1. The van der Waals surface area contributed by atoms with Gasteiger partial charge >= 0.3 is 0 Å². The first-order chi connectivity index (χ1) is 9.84. The predicted molar refractivity (Wildman–Crippen MR) is 84.0 cm³/mol. The van der Waals surface area contributed by atoms with Crippen LogP contribution >= 0.6 is 0 Å². The monoisotopic (exact) mass is 261 g/mol. The van der Waals surface area contributed by atoms with E-state index in [1.807, 2.05) is 0 Å². The van der Waals surface area contributed by atoms with Crippen LogP contribution in [0.2, 0.25) is 0 Å². The van der Waals surface area contributed by atoms with Gasteiger partial charge in [-0.15, -0.1) is 0 Å². The smallest absolute Gasteiger partial charge is 0.0554 e. The number of hydrogen-bond donors (Lipinski definition) is 1. The third-order valence-electron chi connectivity index (χ3n) is 4.76. The van der Waals surface area contributed by atoms with E-state index < -0.39 is 0 Å². The van der Waals surface area contributed by atoms with Crippen LogP contribution in [0.3, 0.4) is 0 Å². The molecular weight excluding hydrogens is 242 g/mol. The fraction of sp³-hybridized carbons (Fsp3) is 0.263. The van der Waals surface area contributed by atoms with E-state index in [1.165, 1.54) is 28.8 Å². The van der Waals surface area contributed by atoms with Crippen LogP contribution in [0.25, 0.3) is 0 Å². The molecule has 1 aliphatic carbocycles. The molecule has 2 aliphatic rings. The second-order valence-electron chi connectivity index (χ2n) is 5.93. The molecule has 0 bridgehead atoms. The highest BCUT2D eigenvalue weighted by Crippen LogP contribution is 2.50. The average molecular weight is 261 g/mol. The lowest BCUT2D eigenvalue weighted by molar-refractivity contribution is 0.425. The van der Waals surface area contributed by atoms with Gasteiger partial charge in [0.1, 0.15) is 0 Å². The van der Waals surface area contributed by atoms with Gasteiger partial charge < -0.3 is 5.32 Å². The summed E-state index contributed by atoms with van der Waals surface area (Å²) in [6.45, 7) is 2.20. The van der Waals surface area contributed by atoms with Crippen molar-refractivity contribution in [2.45, 2.75) is 25.3 Å². The number of fused-ring (bicyclic) bond motifs is 3. The fourth-order valence-electron chi connectivity index (χ4n) is 3.77. The zero-order valence-corrected chi connectivity index (χ0v) is 11.7. The maximum Gasteiger partial charge on any atom is 0.0554 e. The van der Waals surface area contributed by atoms with Gasteiger partial charge in [0.15, 0.2) is 0 Å². The number of nitrogens with one attached hydrogen (secondary N) is 1. The molecule has 4 rings (SSSR count). The first-order valence-electron chi connectivity index (χ1n) is 7.42. The highest BCUT2D eigenvalue weighted by molar-refractivity contribution is 5.63. The molecule has 1 heterocycles. The van der Waals surface area contributed by atoms with Gasteiger partial charge in [0.25, 0.3) is 0 Å². The summed E-state index contributed by atoms with van der Waals surface area (Å²) in [5.74, 6) is 1.21. The van der Waals surface area contributed by atoms with Gasteiger partial charge in [0.2, 0.25) is 0 Å². The molecule has 0 saturated carbocycles. The van der Waals surface area contributed by atoms with Crippen molar-refractivity contribution in [3.05, 3.63) is 77.4 Å². The SMILES string of the molecule is Cc1cccc2c1N[C@H](c1ccccc1)[C@H]1CC=C[C@@H]21. The first kappa shape index (κ1) is 11.8. The molecule has 1 nitrogen and oxygen atoms in total. The van der Waals surface area contributed by atoms with Gasteiger partial charge in [0.05, 0.1) is 6.04 Å². The maximum atomic E-state index is 3.81. The summed E-state index contributed by atoms with van der Waals surface area (Å²) < 4.78 is 0. The summed E-state index contributed by atoms with van der Waals surface area (Å²) in [6, 6.07) is 18.0. The molecule has 1 heteroatoms. The Kier molecular flexibility index (Phi) is 2.66. The number of anilines is 1. The van der Waals surface area contributed by atoms with E-state index in [1.54, 1.807) is 0 Å².